The van der Waals surface area contributed by atoms with E-state index in [2.05, 4.69) is 4.98 Å². The third-order valence-corrected chi connectivity index (χ3v) is 2.78. The lowest BCUT2D eigenvalue weighted by Gasteiger charge is -2.09. The molecule has 1 aromatic carbocycles. The number of pyridine rings is 1. The Morgan fingerprint density at radius 1 is 1.35 bits per heavy atom. The highest BCUT2D eigenvalue weighted by Gasteiger charge is 2.19. The molecule has 20 heavy (non-hydrogen) atoms. The SMILES string of the molecule is Cc1cc(C)c(Oc2ccc(CO)cn2)c([N+](=O)[O-])c1. The Kier molecular flexibility index (Phi) is 3.95. The molecule has 0 aliphatic heterocycles. The summed E-state index contributed by atoms with van der Waals surface area (Å²) in [6.07, 6.45) is 1.46. The van der Waals surface area contributed by atoms with Gasteiger partial charge in [-0.15, -0.1) is 0 Å². The molecule has 0 saturated carbocycles. The van der Waals surface area contributed by atoms with Gasteiger partial charge in [0.2, 0.25) is 11.6 Å². The molecule has 0 radical (unpaired) electrons. The molecule has 0 bridgehead atoms. The second kappa shape index (κ2) is 5.66. The van der Waals surface area contributed by atoms with Gasteiger partial charge in [0.25, 0.3) is 0 Å². The smallest absolute Gasteiger partial charge is 0.312 e. The van der Waals surface area contributed by atoms with Crippen molar-refractivity contribution in [2.45, 2.75) is 20.5 Å². The molecule has 0 aliphatic rings. The first kappa shape index (κ1) is 14.0. The summed E-state index contributed by atoms with van der Waals surface area (Å²) >= 11 is 0. The summed E-state index contributed by atoms with van der Waals surface area (Å²) in [5, 5.41) is 20.0. The van der Waals surface area contributed by atoms with Crippen molar-refractivity contribution in [1.82, 2.24) is 4.98 Å². The summed E-state index contributed by atoms with van der Waals surface area (Å²) in [6.45, 7) is 3.42. The van der Waals surface area contributed by atoms with Gasteiger partial charge in [-0.1, -0.05) is 6.07 Å². The zero-order valence-electron chi connectivity index (χ0n) is 11.2. The van der Waals surface area contributed by atoms with E-state index in [0.29, 0.717) is 11.1 Å². The number of ether oxygens (including phenoxy) is 1. The fourth-order valence-electron chi connectivity index (χ4n) is 1.87. The molecule has 2 aromatic rings. The predicted molar refractivity (Wildman–Crippen MR) is 72.8 cm³/mol. The van der Waals surface area contributed by atoms with Crippen molar-refractivity contribution < 1.29 is 14.8 Å². The minimum absolute atomic E-state index is 0.0875. The normalized spacial score (nSPS) is 10.3. The zero-order valence-corrected chi connectivity index (χ0v) is 11.2. The molecular formula is C14H14N2O4. The largest absolute Gasteiger partial charge is 0.432 e. The van der Waals surface area contributed by atoms with Gasteiger partial charge in [0, 0.05) is 18.3 Å². The van der Waals surface area contributed by atoms with Crippen molar-refractivity contribution in [3.63, 3.8) is 0 Å². The number of aliphatic hydroxyl groups is 1. The number of hydrogen-bond acceptors (Lipinski definition) is 5. The van der Waals surface area contributed by atoms with E-state index in [-0.39, 0.29) is 23.9 Å². The molecule has 0 fully saturated rings. The Hall–Kier alpha value is -2.47. The van der Waals surface area contributed by atoms with Crippen LogP contribution in [0.5, 0.6) is 11.6 Å². The van der Waals surface area contributed by atoms with Crippen LogP contribution in [0.3, 0.4) is 0 Å². The maximum atomic E-state index is 11.1. The topological polar surface area (TPSA) is 85.5 Å². The maximum absolute atomic E-state index is 11.1. The minimum atomic E-state index is -0.475. The first-order valence-electron chi connectivity index (χ1n) is 6.00. The molecule has 1 N–H and O–H groups in total. The first-order chi connectivity index (χ1) is 9.51. The number of rotatable bonds is 4. The van der Waals surface area contributed by atoms with E-state index < -0.39 is 4.92 Å². The minimum Gasteiger partial charge on any atom is -0.432 e. The highest BCUT2D eigenvalue weighted by molar-refractivity contribution is 5.54. The van der Waals surface area contributed by atoms with Crippen molar-refractivity contribution >= 4 is 5.69 Å². The quantitative estimate of drug-likeness (QED) is 0.684. The van der Waals surface area contributed by atoms with Gasteiger partial charge in [-0.05, 0) is 36.6 Å². The Labute approximate surface area is 115 Å². The van der Waals surface area contributed by atoms with Crippen LogP contribution in [0.2, 0.25) is 0 Å². The van der Waals surface area contributed by atoms with E-state index in [0.717, 1.165) is 5.56 Å². The lowest BCUT2D eigenvalue weighted by Crippen LogP contribution is -1.98. The average Bonchev–Trinajstić information content (AvgIpc) is 2.42. The molecule has 104 valence electrons. The number of aryl methyl sites for hydroxylation is 2. The number of benzene rings is 1. The summed E-state index contributed by atoms with van der Waals surface area (Å²) in [7, 11) is 0. The molecule has 1 aromatic heterocycles. The standard InChI is InChI=1S/C14H14N2O4/c1-9-5-10(2)14(12(6-9)16(18)19)20-13-4-3-11(8-17)7-15-13/h3-7,17H,8H2,1-2H3. The number of aromatic nitrogens is 1. The van der Waals surface area contributed by atoms with Gasteiger partial charge in [-0.3, -0.25) is 10.1 Å². The third kappa shape index (κ3) is 2.92. The Bertz CT molecular complexity index is 638. The van der Waals surface area contributed by atoms with Crippen molar-refractivity contribution in [3.05, 3.63) is 57.3 Å². The van der Waals surface area contributed by atoms with Crippen LogP contribution in [0, 0.1) is 24.0 Å². The second-order valence-electron chi connectivity index (χ2n) is 4.45. The van der Waals surface area contributed by atoms with E-state index in [1.54, 1.807) is 26.0 Å². The summed E-state index contributed by atoms with van der Waals surface area (Å²) in [6, 6.07) is 6.49. The van der Waals surface area contributed by atoms with Crippen molar-refractivity contribution in [1.29, 1.82) is 0 Å². The molecule has 1 heterocycles. The van der Waals surface area contributed by atoms with E-state index in [4.69, 9.17) is 9.84 Å². The number of nitro benzene ring substituents is 1. The van der Waals surface area contributed by atoms with E-state index in [1.165, 1.54) is 12.3 Å². The average molecular weight is 274 g/mol. The molecule has 0 atom stereocenters. The number of nitro groups is 1. The van der Waals surface area contributed by atoms with Gasteiger partial charge in [-0.25, -0.2) is 4.98 Å². The van der Waals surface area contributed by atoms with Crippen LogP contribution in [0.15, 0.2) is 30.5 Å². The van der Waals surface area contributed by atoms with Gasteiger partial charge in [0.05, 0.1) is 11.5 Å². The van der Waals surface area contributed by atoms with Crippen LogP contribution in [0.4, 0.5) is 5.69 Å². The van der Waals surface area contributed by atoms with Gasteiger partial charge >= 0.3 is 5.69 Å². The van der Waals surface area contributed by atoms with Crippen LogP contribution in [-0.4, -0.2) is 15.0 Å². The lowest BCUT2D eigenvalue weighted by atomic mass is 10.1. The molecule has 6 heteroatoms. The Morgan fingerprint density at radius 3 is 2.65 bits per heavy atom. The molecule has 2 rings (SSSR count). The fraction of sp³-hybridized carbons (Fsp3) is 0.214. The molecule has 0 amide bonds. The lowest BCUT2D eigenvalue weighted by molar-refractivity contribution is -0.385. The Morgan fingerprint density at radius 2 is 2.10 bits per heavy atom. The van der Waals surface area contributed by atoms with Gasteiger partial charge in [0.15, 0.2) is 0 Å². The molecule has 0 unspecified atom stereocenters. The fourth-order valence-corrected chi connectivity index (χ4v) is 1.87. The first-order valence-corrected chi connectivity index (χ1v) is 6.00. The highest BCUT2D eigenvalue weighted by atomic mass is 16.6. The molecule has 0 spiro atoms. The maximum Gasteiger partial charge on any atom is 0.312 e. The molecule has 6 nitrogen and oxygen atoms in total. The summed E-state index contributed by atoms with van der Waals surface area (Å²) in [5.74, 6) is 0.433. The monoisotopic (exact) mass is 274 g/mol. The van der Waals surface area contributed by atoms with Gasteiger partial charge < -0.3 is 9.84 Å². The van der Waals surface area contributed by atoms with Gasteiger partial charge in [0.1, 0.15) is 0 Å². The number of aliphatic hydroxyl groups excluding tert-OH is 1. The van der Waals surface area contributed by atoms with Crippen LogP contribution in [-0.2, 0) is 6.61 Å². The number of nitrogens with zero attached hydrogens (tertiary/aromatic N) is 2. The van der Waals surface area contributed by atoms with Crippen LogP contribution < -0.4 is 4.74 Å². The zero-order chi connectivity index (χ0) is 14.7. The van der Waals surface area contributed by atoms with Crippen molar-refractivity contribution in [3.8, 4) is 11.6 Å². The van der Waals surface area contributed by atoms with E-state index in [9.17, 15) is 10.1 Å². The van der Waals surface area contributed by atoms with Crippen molar-refractivity contribution in [2.75, 3.05) is 0 Å². The van der Waals surface area contributed by atoms with E-state index in [1.807, 2.05) is 6.07 Å². The summed E-state index contributed by atoms with van der Waals surface area (Å²) < 4.78 is 5.52. The molecular weight excluding hydrogens is 260 g/mol. The number of hydrogen-bond donors (Lipinski definition) is 1. The molecule has 0 aliphatic carbocycles. The van der Waals surface area contributed by atoms with Crippen LogP contribution in [0.1, 0.15) is 16.7 Å². The second-order valence-corrected chi connectivity index (χ2v) is 4.45. The van der Waals surface area contributed by atoms with E-state index >= 15 is 0 Å². The Balaban J connectivity index is 2.39. The summed E-state index contributed by atoms with van der Waals surface area (Å²) in [4.78, 5) is 14.6. The summed E-state index contributed by atoms with van der Waals surface area (Å²) in [5.41, 5.74) is 2.03. The van der Waals surface area contributed by atoms with Crippen LogP contribution >= 0.6 is 0 Å². The predicted octanol–water partition coefficient (Wildman–Crippen LogP) is 2.89. The molecule has 0 saturated heterocycles. The highest BCUT2D eigenvalue weighted by Crippen LogP contribution is 2.34. The van der Waals surface area contributed by atoms with Crippen molar-refractivity contribution in [2.24, 2.45) is 0 Å². The van der Waals surface area contributed by atoms with Crippen LogP contribution in [0.25, 0.3) is 0 Å². The van der Waals surface area contributed by atoms with Gasteiger partial charge in [-0.2, -0.15) is 0 Å². The third-order valence-electron chi connectivity index (χ3n) is 2.78.